The van der Waals surface area contributed by atoms with Gasteiger partial charge in [0.2, 0.25) is 0 Å². The molecule has 1 N–H and O–H groups in total. The Morgan fingerprint density at radius 2 is 2.36 bits per heavy atom. The Kier molecular flexibility index (Phi) is 4.91. The summed E-state index contributed by atoms with van der Waals surface area (Å²) in [5.74, 6) is 1.02. The number of halogens is 1. The molecule has 0 bridgehead atoms. The van der Waals surface area contributed by atoms with Gasteiger partial charge in [-0.3, -0.25) is 0 Å². The van der Waals surface area contributed by atoms with Crippen molar-refractivity contribution < 1.29 is 0 Å². The number of aryl methyl sites for hydroxylation is 1. The maximum absolute atomic E-state index is 3.98. The number of nitrogens with zero attached hydrogens (tertiary/aromatic N) is 3. The zero-order chi connectivity index (χ0) is 10.6. The monoisotopic (exact) mass is 278 g/mol. The SMILES string of the molecule is CCNC(CSC)c1c(Br)nnn1C. The zero-order valence-electron chi connectivity index (χ0n) is 8.62. The zero-order valence-corrected chi connectivity index (χ0v) is 11.0. The van der Waals surface area contributed by atoms with Crippen LogP contribution in [0.3, 0.4) is 0 Å². The molecular weight excluding hydrogens is 264 g/mol. The Labute approximate surface area is 97.0 Å². The Balaban J connectivity index is 2.85. The van der Waals surface area contributed by atoms with Crippen LogP contribution in [0.2, 0.25) is 0 Å². The molecule has 1 heterocycles. The summed E-state index contributed by atoms with van der Waals surface area (Å²) >= 11 is 5.23. The average molecular weight is 279 g/mol. The summed E-state index contributed by atoms with van der Waals surface area (Å²) in [4.78, 5) is 0. The molecular formula is C8H15BrN4S. The smallest absolute Gasteiger partial charge is 0.153 e. The van der Waals surface area contributed by atoms with Gasteiger partial charge in [-0.15, -0.1) is 5.10 Å². The lowest BCUT2D eigenvalue weighted by Crippen LogP contribution is -2.25. The van der Waals surface area contributed by atoms with Crippen LogP contribution in [0.25, 0.3) is 0 Å². The molecule has 6 heteroatoms. The molecule has 0 aromatic carbocycles. The van der Waals surface area contributed by atoms with Crippen LogP contribution in [-0.2, 0) is 7.05 Å². The average Bonchev–Trinajstić information content (AvgIpc) is 2.46. The summed E-state index contributed by atoms with van der Waals surface area (Å²) in [6.45, 7) is 3.05. The molecule has 14 heavy (non-hydrogen) atoms. The third kappa shape index (κ3) is 2.71. The van der Waals surface area contributed by atoms with Gasteiger partial charge in [-0.25, -0.2) is 4.68 Å². The Bertz CT molecular complexity index is 263. The van der Waals surface area contributed by atoms with Gasteiger partial charge in [-0.1, -0.05) is 12.1 Å². The van der Waals surface area contributed by atoms with Crippen LogP contribution >= 0.6 is 27.7 Å². The fraction of sp³-hybridized carbons (Fsp3) is 0.750. The molecule has 1 atom stereocenters. The first-order valence-corrected chi connectivity index (χ1v) is 6.66. The van der Waals surface area contributed by atoms with Gasteiger partial charge in [0.25, 0.3) is 0 Å². The second-order valence-electron chi connectivity index (χ2n) is 2.95. The lowest BCUT2D eigenvalue weighted by molar-refractivity contribution is 0.548. The molecule has 1 rings (SSSR count). The molecule has 1 aromatic heterocycles. The minimum atomic E-state index is 0.310. The van der Waals surface area contributed by atoms with Gasteiger partial charge in [0.15, 0.2) is 4.60 Å². The lowest BCUT2D eigenvalue weighted by Gasteiger charge is -2.16. The third-order valence-corrected chi connectivity index (χ3v) is 3.17. The van der Waals surface area contributed by atoms with E-state index < -0.39 is 0 Å². The van der Waals surface area contributed by atoms with Gasteiger partial charge in [0.05, 0.1) is 11.7 Å². The van der Waals surface area contributed by atoms with E-state index in [0.717, 1.165) is 22.6 Å². The standard InChI is InChI=1S/C8H15BrN4S/c1-4-10-6(5-14-3)7-8(9)11-12-13(7)2/h6,10H,4-5H2,1-3H3. The molecule has 80 valence electrons. The van der Waals surface area contributed by atoms with E-state index in [2.05, 4.69) is 44.7 Å². The summed E-state index contributed by atoms with van der Waals surface area (Å²) in [7, 11) is 1.91. The molecule has 1 unspecified atom stereocenters. The maximum Gasteiger partial charge on any atom is 0.153 e. The number of aromatic nitrogens is 3. The Hall–Kier alpha value is -0.0700. The molecule has 0 amide bonds. The molecule has 4 nitrogen and oxygen atoms in total. The van der Waals surface area contributed by atoms with Gasteiger partial charge in [-0.2, -0.15) is 11.8 Å². The summed E-state index contributed by atoms with van der Waals surface area (Å²) in [6, 6.07) is 0.310. The van der Waals surface area contributed by atoms with Crippen molar-refractivity contribution in [1.29, 1.82) is 0 Å². The molecule has 0 radical (unpaired) electrons. The van der Waals surface area contributed by atoms with Crippen LogP contribution in [0.15, 0.2) is 4.60 Å². The lowest BCUT2D eigenvalue weighted by atomic mass is 10.2. The molecule has 0 aliphatic carbocycles. The molecule has 0 aliphatic heterocycles. The minimum Gasteiger partial charge on any atom is -0.308 e. The summed E-state index contributed by atoms with van der Waals surface area (Å²) in [6.07, 6.45) is 2.10. The van der Waals surface area contributed by atoms with E-state index >= 15 is 0 Å². The normalized spacial score (nSPS) is 13.1. The van der Waals surface area contributed by atoms with Crippen molar-refractivity contribution in [3.05, 3.63) is 10.3 Å². The van der Waals surface area contributed by atoms with E-state index in [1.165, 1.54) is 0 Å². The van der Waals surface area contributed by atoms with E-state index in [9.17, 15) is 0 Å². The summed E-state index contributed by atoms with van der Waals surface area (Å²) in [5, 5.41) is 11.4. The fourth-order valence-corrected chi connectivity index (χ4v) is 2.57. The van der Waals surface area contributed by atoms with Crippen LogP contribution < -0.4 is 5.32 Å². The number of hydrogen-bond acceptors (Lipinski definition) is 4. The first kappa shape index (κ1) is 12.0. The highest BCUT2D eigenvalue weighted by atomic mass is 79.9. The van der Waals surface area contributed by atoms with Gasteiger partial charge >= 0.3 is 0 Å². The van der Waals surface area contributed by atoms with Crippen LogP contribution in [0.5, 0.6) is 0 Å². The molecule has 0 saturated carbocycles. The van der Waals surface area contributed by atoms with Crippen molar-refractivity contribution in [3.8, 4) is 0 Å². The molecule has 1 aromatic rings. The topological polar surface area (TPSA) is 42.7 Å². The van der Waals surface area contributed by atoms with E-state index in [4.69, 9.17) is 0 Å². The molecule has 0 fully saturated rings. The van der Waals surface area contributed by atoms with Crippen molar-refractivity contribution in [3.63, 3.8) is 0 Å². The van der Waals surface area contributed by atoms with E-state index in [-0.39, 0.29) is 0 Å². The van der Waals surface area contributed by atoms with Crippen LogP contribution in [-0.4, -0.2) is 33.5 Å². The maximum atomic E-state index is 3.98. The predicted molar refractivity (Wildman–Crippen MR) is 63.5 cm³/mol. The second kappa shape index (κ2) is 5.72. The highest BCUT2D eigenvalue weighted by Gasteiger charge is 2.18. The van der Waals surface area contributed by atoms with E-state index in [1.54, 1.807) is 0 Å². The van der Waals surface area contributed by atoms with Gasteiger partial charge in [0.1, 0.15) is 0 Å². The number of rotatable bonds is 5. The molecule has 0 aliphatic rings. The first-order valence-electron chi connectivity index (χ1n) is 4.48. The number of nitrogens with one attached hydrogen (secondary N) is 1. The number of hydrogen-bond donors (Lipinski definition) is 1. The van der Waals surface area contributed by atoms with Crippen molar-refractivity contribution in [2.45, 2.75) is 13.0 Å². The fourth-order valence-electron chi connectivity index (χ4n) is 1.36. The van der Waals surface area contributed by atoms with Crippen molar-refractivity contribution >= 4 is 27.7 Å². The number of thioether (sulfide) groups is 1. The Morgan fingerprint density at radius 3 is 2.79 bits per heavy atom. The van der Waals surface area contributed by atoms with Gasteiger partial charge < -0.3 is 5.32 Å². The summed E-state index contributed by atoms with van der Waals surface area (Å²) < 4.78 is 2.65. The van der Waals surface area contributed by atoms with Crippen LogP contribution in [0.1, 0.15) is 18.7 Å². The highest BCUT2D eigenvalue weighted by Crippen LogP contribution is 2.22. The van der Waals surface area contributed by atoms with Crippen molar-refractivity contribution in [2.24, 2.45) is 7.05 Å². The van der Waals surface area contributed by atoms with Gasteiger partial charge in [-0.05, 0) is 28.7 Å². The third-order valence-electron chi connectivity index (χ3n) is 1.94. The largest absolute Gasteiger partial charge is 0.308 e. The molecule has 0 saturated heterocycles. The summed E-state index contributed by atoms with van der Waals surface area (Å²) in [5.41, 5.74) is 1.11. The first-order chi connectivity index (χ1) is 6.70. The second-order valence-corrected chi connectivity index (χ2v) is 4.62. The molecule has 0 spiro atoms. The van der Waals surface area contributed by atoms with E-state index in [1.807, 2.05) is 23.5 Å². The quantitative estimate of drug-likeness (QED) is 0.889. The Morgan fingerprint density at radius 1 is 1.64 bits per heavy atom. The van der Waals surface area contributed by atoms with Crippen molar-refractivity contribution in [1.82, 2.24) is 20.3 Å². The highest BCUT2D eigenvalue weighted by molar-refractivity contribution is 9.10. The van der Waals surface area contributed by atoms with Crippen LogP contribution in [0, 0.1) is 0 Å². The minimum absolute atomic E-state index is 0.310. The van der Waals surface area contributed by atoms with Crippen LogP contribution in [0.4, 0.5) is 0 Å². The van der Waals surface area contributed by atoms with E-state index in [0.29, 0.717) is 6.04 Å². The van der Waals surface area contributed by atoms with Gasteiger partial charge in [0, 0.05) is 12.8 Å². The predicted octanol–water partition coefficient (Wildman–Crippen LogP) is 1.59. The van der Waals surface area contributed by atoms with Crippen molar-refractivity contribution in [2.75, 3.05) is 18.6 Å².